The van der Waals surface area contributed by atoms with Gasteiger partial charge in [-0.05, 0) is 13.8 Å². The summed E-state index contributed by atoms with van der Waals surface area (Å²) in [6.07, 6.45) is -4.41. The van der Waals surface area contributed by atoms with E-state index in [0.29, 0.717) is 11.8 Å². The Kier molecular flexibility index (Phi) is 2.75. The van der Waals surface area contributed by atoms with Gasteiger partial charge < -0.3 is 5.11 Å². The summed E-state index contributed by atoms with van der Waals surface area (Å²) in [4.78, 5) is 10.6. The van der Waals surface area contributed by atoms with Crippen LogP contribution in [0.1, 0.15) is 13.8 Å². The van der Waals surface area contributed by atoms with Crippen LogP contribution in [0.15, 0.2) is 0 Å². The first kappa shape index (κ1) is 11.6. The minimum absolute atomic E-state index is 0.594. The van der Waals surface area contributed by atoms with E-state index >= 15 is 0 Å². The zero-order valence-corrected chi connectivity index (χ0v) is 8.37. The smallest absolute Gasteiger partial charge is 0.413 e. The van der Waals surface area contributed by atoms with Crippen LogP contribution in [0.2, 0.25) is 0 Å². The molecule has 1 fully saturated rings. The molecule has 0 amide bonds. The molecule has 1 aliphatic heterocycles. The van der Waals surface area contributed by atoms with Crippen molar-refractivity contribution in [1.82, 2.24) is 5.32 Å². The van der Waals surface area contributed by atoms with E-state index in [1.54, 1.807) is 0 Å². The topological polar surface area (TPSA) is 49.3 Å². The molecular weight excluding hydrogens is 219 g/mol. The predicted octanol–water partition coefficient (Wildman–Crippen LogP) is 1.44. The highest BCUT2D eigenvalue weighted by Gasteiger charge is 2.54. The van der Waals surface area contributed by atoms with Crippen molar-refractivity contribution in [3.63, 3.8) is 0 Å². The highest BCUT2D eigenvalue weighted by Crippen LogP contribution is 2.44. The molecule has 0 radical (unpaired) electrons. The second kappa shape index (κ2) is 3.30. The summed E-state index contributed by atoms with van der Waals surface area (Å²) in [6, 6.07) is -1.17. The zero-order valence-electron chi connectivity index (χ0n) is 7.55. The molecule has 2 unspecified atom stereocenters. The van der Waals surface area contributed by atoms with Crippen LogP contribution in [0.5, 0.6) is 0 Å². The Morgan fingerprint density at radius 3 is 2.21 bits per heavy atom. The molecule has 0 saturated carbocycles. The molecule has 1 rings (SSSR count). The third-order valence-electron chi connectivity index (χ3n) is 1.98. The van der Waals surface area contributed by atoms with Gasteiger partial charge in [0.05, 0.1) is 0 Å². The fourth-order valence-corrected chi connectivity index (χ4v) is 2.54. The van der Waals surface area contributed by atoms with E-state index in [1.165, 1.54) is 13.8 Å². The molecule has 2 atom stereocenters. The fraction of sp³-hybridized carbons (Fsp3) is 0.857. The van der Waals surface area contributed by atoms with Crippen molar-refractivity contribution in [2.75, 3.05) is 0 Å². The maximum absolute atomic E-state index is 12.3. The minimum Gasteiger partial charge on any atom is -0.480 e. The molecule has 0 bridgehead atoms. The zero-order chi connectivity index (χ0) is 11.1. The summed E-state index contributed by atoms with van der Waals surface area (Å²) < 4.78 is 35.8. The van der Waals surface area contributed by atoms with Crippen molar-refractivity contribution < 1.29 is 23.1 Å². The number of hydrogen-bond acceptors (Lipinski definition) is 3. The summed E-state index contributed by atoms with van der Waals surface area (Å²) in [6.45, 7) is 2.96. The fourth-order valence-electron chi connectivity index (χ4n) is 1.29. The maximum Gasteiger partial charge on any atom is 0.413 e. The van der Waals surface area contributed by atoms with Crippen molar-refractivity contribution in [2.24, 2.45) is 0 Å². The van der Waals surface area contributed by atoms with Gasteiger partial charge in [0.15, 0.2) is 5.37 Å². The van der Waals surface area contributed by atoms with Crippen molar-refractivity contribution in [3.05, 3.63) is 0 Å². The number of hydrogen-bond donors (Lipinski definition) is 2. The molecule has 0 spiro atoms. The number of carbonyl (C=O) groups is 1. The predicted molar refractivity (Wildman–Crippen MR) is 46.1 cm³/mol. The molecule has 0 aromatic rings. The second-order valence-electron chi connectivity index (χ2n) is 3.58. The van der Waals surface area contributed by atoms with Crippen LogP contribution < -0.4 is 5.32 Å². The first-order valence-corrected chi connectivity index (χ1v) is 4.76. The molecule has 0 aromatic carbocycles. The van der Waals surface area contributed by atoms with E-state index < -0.39 is 28.3 Å². The van der Waals surface area contributed by atoms with E-state index in [0.717, 1.165) is 0 Å². The summed E-state index contributed by atoms with van der Waals surface area (Å²) in [7, 11) is 0. The minimum atomic E-state index is -4.41. The molecule has 0 aromatic heterocycles. The average Bonchev–Trinajstić information content (AvgIpc) is 2.23. The number of thioether (sulfide) groups is 1. The van der Waals surface area contributed by atoms with Gasteiger partial charge in [-0.2, -0.15) is 13.2 Å². The molecular formula is C7H10F3NO2S. The van der Waals surface area contributed by atoms with Crippen LogP contribution in [-0.2, 0) is 4.79 Å². The molecule has 0 aliphatic carbocycles. The first-order chi connectivity index (χ1) is 6.14. The third kappa shape index (κ3) is 2.14. The molecule has 14 heavy (non-hydrogen) atoms. The van der Waals surface area contributed by atoms with Crippen LogP contribution in [0, 0.1) is 0 Å². The molecule has 82 valence electrons. The summed E-state index contributed by atoms with van der Waals surface area (Å²) in [5.41, 5.74) is 0. The number of rotatable bonds is 1. The lowest BCUT2D eigenvalue weighted by Crippen LogP contribution is -2.47. The van der Waals surface area contributed by atoms with Gasteiger partial charge in [0.25, 0.3) is 0 Å². The number of nitrogens with one attached hydrogen (secondary N) is 1. The lowest BCUT2D eigenvalue weighted by Gasteiger charge is -2.20. The van der Waals surface area contributed by atoms with Gasteiger partial charge in [-0.15, -0.1) is 11.8 Å². The van der Waals surface area contributed by atoms with Gasteiger partial charge in [0.1, 0.15) is 6.04 Å². The monoisotopic (exact) mass is 229 g/mol. The van der Waals surface area contributed by atoms with Crippen molar-refractivity contribution >= 4 is 17.7 Å². The third-order valence-corrected chi connectivity index (χ3v) is 3.46. The lowest BCUT2D eigenvalue weighted by atomic mass is 10.0. The largest absolute Gasteiger partial charge is 0.480 e. The molecule has 1 aliphatic rings. The Labute approximate surface area is 83.0 Å². The number of carboxylic acids is 1. The van der Waals surface area contributed by atoms with Crippen LogP contribution in [-0.4, -0.2) is 33.4 Å². The summed E-state index contributed by atoms with van der Waals surface area (Å²) in [5, 5.41) is 8.96. The lowest BCUT2D eigenvalue weighted by molar-refractivity contribution is -0.145. The standard InChI is InChI=1S/C7H10F3NO2S/c1-6(2)3(4(12)13)11-5(14-6)7(8,9)10/h3,5,11H,1-2H3,(H,12,13). The van der Waals surface area contributed by atoms with Crippen molar-refractivity contribution in [3.8, 4) is 0 Å². The first-order valence-electron chi connectivity index (χ1n) is 3.88. The Bertz CT molecular complexity index is 254. The summed E-state index contributed by atoms with van der Waals surface area (Å²) in [5.74, 6) is -1.26. The highest BCUT2D eigenvalue weighted by atomic mass is 32.2. The van der Waals surface area contributed by atoms with E-state index in [4.69, 9.17) is 5.11 Å². The van der Waals surface area contributed by atoms with Gasteiger partial charge in [-0.25, -0.2) is 0 Å². The van der Waals surface area contributed by atoms with Gasteiger partial charge in [0.2, 0.25) is 0 Å². The van der Waals surface area contributed by atoms with Gasteiger partial charge >= 0.3 is 12.1 Å². The van der Waals surface area contributed by atoms with Crippen LogP contribution in [0.25, 0.3) is 0 Å². The molecule has 1 saturated heterocycles. The van der Waals surface area contributed by atoms with E-state index in [-0.39, 0.29) is 0 Å². The molecule has 1 heterocycles. The molecule has 2 N–H and O–H groups in total. The Morgan fingerprint density at radius 2 is 2.00 bits per heavy atom. The quantitative estimate of drug-likeness (QED) is 0.714. The Balaban J connectivity index is 2.82. The average molecular weight is 229 g/mol. The number of carboxylic acid groups (broad SMARTS) is 1. The van der Waals surface area contributed by atoms with E-state index in [9.17, 15) is 18.0 Å². The van der Waals surface area contributed by atoms with Gasteiger partial charge in [0, 0.05) is 4.75 Å². The maximum atomic E-state index is 12.3. The Hall–Kier alpha value is -0.430. The van der Waals surface area contributed by atoms with E-state index in [1.807, 2.05) is 0 Å². The van der Waals surface area contributed by atoms with Gasteiger partial charge in [-0.1, -0.05) is 0 Å². The van der Waals surface area contributed by atoms with Gasteiger partial charge in [-0.3, -0.25) is 10.1 Å². The Morgan fingerprint density at radius 1 is 1.50 bits per heavy atom. The van der Waals surface area contributed by atoms with Crippen LogP contribution in [0.3, 0.4) is 0 Å². The normalized spacial score (nSPS) is 31.8. The van der Waals surface area contributed by atoms with Crippen molar-refractivity contribution in [1.29, 1.82) is 0 Å². The van der Waals surface area contributed by atoms with Crippen LogP contribution in [0.4, 0.5) is 13.2 Å². The van der Waals surface area contributed by atoms with E-state index in [2.05, 4.69) is 5.32 Å². The highest BCUT2D eigenvalue weighted by molar-refractivity contribution is 8.01. The number of halogens is 3. The van der Waals surface area contributed by atoms with Crippen LogP contribution >= 0.6 is 11.8 Å². The summed E-state index contributed by atoms with van der Waals surface area (Å²) >= 11 is 0.594. The molecule has 7 heteroatoms. The molecule has 3 nitrogen and oxygen atoms in total. The second-order valence-corrected chi connectivity index (χ2v) is 5.34. The number of aliphatic carboxylic acids is 1. The SMILES string of the molecule is CC1(C)SC(C(F)(F)F)NC1C(=O)O. The number of alkyl halides is 3. The van der Waals surface area contributed by atoms with Crippen molar-refractivity contribution in [2.45, 2.75) is 36.2 Å².